The van der Waals surface area contributed by atoms with Gasteiger partial charge in [-0.2, -0.15) is 4.98 Å². The van der Waals surface area contributed by atoms with Crippen LogP contribution in [-0.4, -0.2) is 41.4 Å². The number of aromatic nitrogens is 3. The standard InChI is InChI=1S/C12H16N4O3S/c1-7-14-11(10-12(15-7)19-8(2)16-10)13-5-9-3-4-20(17,18)6-9/h9H,3-6H2,1-2H3,(H,13,14,15)/t9-/m1/s1. The average Bonchev–Trinajstić information content (AvgIpc) is 2.88. The van der Waals surface area contributed by atoms with Crippen LogP contribution in [0.5, 0.6) is 0 Å². The second kappa shape index (κ2) is 4.69. The molecule has 108 valence electrons. The first-order chi connectivity index (χ1) is 9.43. The molecule has 0 aromatic carbocycles. The molecule has 7 nitrogen and oxygen atoms in total. The minimum atomic E-state index is -2.85. The van der Waals surface area contributed by atoms with Gasteiger partial charge >= 0.3 is 0 Å². The molecule has 1 aliphatic rings. The van der Waals surface area contributed by atoms with Crippen molar-refractivity contribution < 1.29 is 12.8 Å². The van der Waals surface area contributed by atoms with Crippen molar-refractivity contribution in [3.8, 4) is 0 Å². The Hall–Kier alpha value is -1.70. The van der Waals surface area contributed by atoms with E-state index < -0.39 is 9.84 Å². The lowest BCUT2D eigenvalue weighted by Crippen LogP contribution is -2.16. The lowest BCUT2D eigenvalue weighted by Gasteiger charge is -2.10. The van der Waals surface area contributed by atoms with Crippen molar-refractivity contribution >= 4 is 26.9 Å². The fraction of sp³-hybridized carbons (Fsp3) is 0.583. The maximum Gasteiger partial charge on any atom is 0.252 e. The summed E-state index contributed by atoms with van der Waals surface area (Å²) in [6, 6.07) is 0. The molecule has 0 aliphatic carbocycles. The van der Waals surface area contributed by atoms with Crippen LogP contribution in [0.25, 0.3) is 11.2 Å². The van der Waals surface area contributed by atoms with E-state index in [-0.39, 0.29) is 17.4 Å². The molecule has 1 fully saturated rings. The van der Waals surface area contributed by atoms with Gasteiger partial charge in [-0.1, -0.05) is 0 Å². The van der Waals surface area contributed by atoms with Gasteiger partial charge in [-0.05, 0) is 19.3 Å². The number of oxazole rings is 1. The van der Waals surface area contributed by atoms with E-state index in [1.165, 1.54) is 0 Å². The van der Waals surface area contributed by atoms with Crippen molar-refractivity contribution in [1.29, 1.82) is 0 Å². The van der Waals surface area contributed by atoms with Crippen LogP contribution in [0, 0.1) is 19.8 Å². The third kappa shape index (κ3) is 2.60. The summed E-state index contributed by atoms with van der Waals surface area (Å²) in [7, 11) is -2.85. The van der Waals surface area contributed by atoms with Crippen LogP contribution in [0.1, 0.15) is 18.1 Å². The van der Waals surface area contributed by atoms with E-state index in [0.717, 1.165) is 0 Å². The zero-order valence-corrected chi connectivity index (χ0v) is 12.2. The Labute approximate surface area is 116 Å². The van der Waals surface area contributed by atoms with Crippen molar-refractivity contribution in [1.82, 2.24) is 15.0 Å². The molecule has 0 amide bonds. The summed E-state index contributed by atoms with van der Waals surface area (Å²) in [5.74, 6) is 2.37. The van der Waals surface area contributed by atoms with Crippen LogP contribution in [0.3, 0.4) is 0 Å². The first-order valence-corrected chi connectivity index (χ1v) is 8.31. The summed E-state index contributed by atoms with van der Waals surface area (Å²) in [6.07, 6.45) is 0.695. The third-order valence-corrected chi connectivity index (χ3v) is 5.20. The van der Waals surface area contributed by atoms with Gasteiger partial charge in [-0.15, -0.1) is 0 Å². The Morgan fingerprint density at radius 1 is 1.30 bits per heavy atom. The molecular weight excluding hydrogens is 280 g/mol. The molecule has 0 radical (unpaired) electrons. The Bertz CT molecular complexity index is 753. The Morgan fingerprint density at radius 3 is 2.80 bits per heavy atom. The first kappa shape index (κ1) is 13.3. The predicted molar refractivity (Wildman–Crippen MR) is 74.3 cm³/mol. The lowest BCUT2D eigenvalue weighted by atomic mass is 10.1. The van der Waals surface area contributed by atoms with Gasteiger partial charge in [0, 0.05) is 13.5 Å². The van der Waals surface area contributed by atoms with E-state index >= 15 is 0 Å². The molecule has 1 aliphatic heterocycles. The minimum absolute atomic E-state index is 0.123. The maximum atomic E-state index is 11.4. The van der Waals surface area contributed by atoms with Gasteiger partial charge in [0.05, 0.1) is 11.5 Å². The number of anilines is 1. The summed E-state index contributed by atoms with van der Waals surface area (Å²) in [5, 5.41) is 3.18. The van der Waals surface area contributed by atoms with Crippen LogP contribution < -0.4 is 5.32 Å². The van der Waals surface area contributed by atoms with E-state index in [2.05, 4.69) is 20.3 Å². The van der Waals surface area contributed by atoms with E-state index in [0.29, 0.717) is 41.7 Å². The third-order valence-electron chi connectivity index (χ3n) is 3.36. The lowest BCUT2D eigenvalue weighted by molar-refractivity contribution is 0.550. The molecule has 8 heteroatoms. The zero-order chi connectivity index (χ0) is 14.3. The van der Waals surface area contributed by atoms with Crippen molar-refractivity contribution in [3.63, 3.8) is 0 Å². The molecule has 1 atom stereocenters. The summed E-state index contributed by atoms with van der Waals surface area (Å²) in [6.45, 7) is 4.10. The number of rotatable bonds is 3. The molecule has 0 spiro atoms. The molecule has 20 heavy (non-hydrogen) atoms. The Kier molecular flexibility index (Phi) is 3.12. The van der Waals surface area contributed by atoms with Gasteiger partial charge in [0.15, 0.2) is 27.1 Å². The number of fused-ring (bicyclic) bond motifs is 1. The smallest absolute Gasteiger partial charge is 0.252 e. The number of hydrogen-bond acceptors (Lipinski definition) is 7. The SMILES string of the molecule is Cc1nc(NC[C@H]2CCS(=O)(=O)C2)c2nc(C)oc2n1. The van der Waals surface area contributed by atoms with Crippen LogP contribution in [0.4, 0.5) is 5.82 Å². The highest BCUT2D eigenvalue weighted by Crippen LogP contribution is 2.23. The van der Waals surface area contributed by atoms with Crippen LogP contribution in [-0.2, 0) is 9.84 Å². The van der Waals surface area contributed by atoms with Crippen molar-refractivity contribution in [2.24, 2.45) is 5.92 Å². The fourth-order valence-electron chi connectivity index (χ4n) is 2.43. The predicted octanol–water partition coefficient (Wildman–Crippen LogP) is 1.08. The number of nitrogens with one attached hydrogen (secondary N) is 1. The number of sulfone groups is 1. The summed E-state index contributed by atoms with van der Waals surface area (Å²) in [4.78, 5) is 12.8. The van der Waals surface area contributed by atoms with E-state index in [1.54, 1.807) is 13.8 Å². The van der Waals surface area contributed by atoms with Crippen LogP contribution in [0.15, 0.2) is 4.42 Å². The Morgan fingerprint density at radius 2 is 2.10 bits per heavy atom. The van der Waals surface area contributed by atoms with Gasteiger partial charge in [-0.3, -0.25) is 0 Å². The normalized spacial score (nSPS) is 21.4. The molecule has 2 aromatic heterocycles. The highest BCUT2D eigenvalue weighted by atomic mass is 32.2. The molecule has 2 aromatic rings. The van der Waals surface area contributed by atoms with Crippen molar-refractivity contribution in [3.05, 3.63) is 11.7 Å². The number of hydrogen-bond donors (Lipinski definition) is 1. The highest BCUT2D eigenvalue weighted by molar-refractivity contribution is 7.91. The summed E-state index contributed by atoms with van der Waals surface area (Å²) in [5.41, 5.74) is 1.05. The topological polar surface area (TPSA) is 98.0 Å². The highest BCUT2D eigenvalue weighted by Gasteiger charge is 2.27. The zero-order valence-electron chi connectivity index (χ0n) is 11.4. The summed E-state index contributed by atoms with van der Waals surface area (Å²) < 4.78 is 28.3. The van der Waals surface area contributed by atoms with Crippen molar-refractivity contribution in [2.75, 3.05) is 23.4 Å². The molecule has 0 bridgehead atoms. The van der Waals surface area contributed by atoms with Gasteiger partial charge in [0.2, 0.25) is 0 Å². The molecule has 3 rings (SSSR count). The van der Waals surface area contributed by atoms with E-state index in [4.69, 9.17) is 4.42 Å². The fourth-order valence-corrected chi connectivity index (χ4v) is 4.29. The molecule has 1 N–H and O–H groups in total. The minimum Gasteiger partial charge on any atom is -0.422 e. The van der Waals surface area contributed by atoms with Crippen molar-refractivity contribution in [2.45, 2.75) is 20.3 Å². The largest absolute Gasteiger partial charge is 0.422 e. The molecule has 3 heterocycles. The van der Waals surface area contributed by atoms with Gasteiger partial charge in [0.25, 0.3) is 5.71 Å². The second-order valence-electron chi connectivity index (χ2n) is 5.16. The number of nitrogens with zero attached hydrogens (tertiary/aromatic N) is 3. The number of aryl methyl sites for hydroxylation is 2. The van der Waals surface area contributed by atoms with Gasteiger partial charge in [0.1, 0.15) is 5.82 Å². The maximum absolute atomic E-state index is 11.4. The quantitative estimate of drug-likeness (QED) is 0.905. The molecule has 1 saturated heterocycles. The van der Waals surface area contributed by atoms with Crippen LogP contribution in [0.2, 0.25) is 0 Å². The molecule has 0 saturated carbocycles. The van der Waals surface area contributed by atoms with Gasteiger partial charge < -0.3 is 9.73 Å². The monoisotopic (exact) mass is 296 g/mol. The molecular formula is C12H16N4O3S. The molecule has 0 unspecified atom stereocenters. The van der Waals surface area contributed by atoms with Gasteiger partial charge in [-0.25, -0.2) is 18.4 Å². The van der Waals surface area contributed by atoms with E-state index in [9.17, 15) is 8.42 Å². The first-order valence-electron chi connectivity index (χ1n) is 6.49. The Balaban J connectivity index is 1.81. The second-order valence-corrected chi connectivity index (χ2v) is 7.38. The summed E-state index contributed by atoms with van der Waals surface area (Å²) >= 11 is 0. The average molecular weight is 296 g/mol. The van der Waals surface area contributed by atoms with Crippen LogP contribution >= 0.6 is 0 Å². The van der Waals surface area contributed by atoms with E-state index in [1.807, 2.05) is 0 Å².